The van der Waals surface area contributed by atoms with Crippen LogP contribution in [0.5, 0.6) is 0 Å². The average Bonchev–Trinajstić information content (AvgIpc) is 1.91. The van der Waals surface area contributed by atoms with Crippen molar-refractivity contribution in [2.75, 3.05) is 6.61 Å². The minimum atomic E-state index is 0.742. The summed E-state index contributed by atoms with van der Waals surface area (Å²) in [4.78, 5) is 4.84. The molecule has 0 aromatic carbocycles. The van der Waals surface area contributed by atoms with Gasteiger partial charge in [-0.3, -0.25) is 10.3 Å². The van der Waals surface area contributed by atoms with E-state index in [1.165, 1.54) is 5.57 Å². The Labute approximate surface area is 43.1 Å². The van der Waals surface area contributed by atoms with E-state index in [0.717, 1.165) is 12.3 Å². The topological polar surface area (TPSA) is 21.3 Å². The van der Waals surface area contributed by atoms with Crippen LogP contribution in [0, 0.1) is 0 Å². The molecule has 0 aromatic rings. The first-order valence-electron chi connectivity index (χ1n) is 2.35. The summed E-state index contributed by atoms with van der Waals surface area (Å²) in [5, 5.41) is 0. The number of hydroxylamine groups is 1. The highest BCUT2D eigenvalue weighted by atomic mass is 16.6. The Morgan fingerprint density at radius 2 is 2.29 bits per heavy atom. The molecule has 40 valence electrons. The Morgan fingerprint density at radius 1 is 1.57 bits per heavy atom. The Hall–Kier alpha value is -0.500. The minimum Gasteiger partial charge on any atom is -0.272 e. The van der Waals surface area contributed by atoms with Crippen molar-refractivity contribution in [2.45, 2.75) is 13.8 Å². The number of hydrogen-bond donors (Lipinski definition) is 1. The zero-order valence-electron chi connectivity index (χ0n) is 4.62. The smallest absolute Gasteiger partial charge is 0.0974 e. The molecule has 1 aliphatic heterocycles. The number of rotatable bonds is 0. The molecule has 7 heavy (non-hydrogen) atoms. The molecule has 1 heterocycles. The Balaban J connectivity index is 2.64. The fourth-order valence-corrected chi connectivity index (χ4v) is 0.448. The first-order valence-corrected chi connectivity index (χ1v) is 2.35. The van der Waals surface area contributed by atoms with E-state index in [0.29, 0.717) is 0 Å². The van der Waals surface area contributed by atoms with Crippen LogP contribution in [0.3, 0.4) is 0 Å². The lowest BCUT2D eigenvalue weighted by molar-refractivity contribution is 0.106. The zero-order valence-corrected chi connectivity index (χ0v) is 4.62. The predicted molar refractivity (Wildman–Crippen MR) is 27.5 cm³/mol. The van der Waals surface area contributed by atoms with Crippen molar-refractivity contribution in [3.05, 3.63) is 11.3 Å². The van der Waals surface area contributed by atoms with Crippen molar-refractivity contribution in [2.24, 2.45) is 0 Å². The van der Waals surface area contributed by atoms with E-state index in [9.17, 15) is 0 Å². The van der Waals surface area contributed by atoms with Crippen molar-refractivity contribution in [1.29, 1.82) is 0 Å². The molecule has 0 bridgehead atoms. The van der Waals surface area contributed by atoms with Crippen LogP contribution in [0.2, 0.25) is 0 Å². The van der Waals surface area contributed by atoms with Gasteiger partial charge in [0, 0.05) is 5.70 Å². The van der Waals surface area contributed by atoms with Crippen molar-refractivity contribution in [1.82, 2.24) is 5.48 Å². The van der Waals surface area contributed by atoms with Gasteiger partial charge in [0.25, 0.3) is 0 Å². The second kappa shape index (κ2) is 1.54. The van der Waals surface area contributed by atoms with Gasteiger partial charge in [-0.15, -0.1) is 0 Å². The van der Waals surface area contributed by atoms with Crippen LogP contribution in [0.15, 0.2) is 11.3 Å². The summed E-state index contributed by atoms with van der Waals surface area (Å²) in [6, 6.07) is 0. The summed E-state index contributed by atoms with van der Waals surface area (Å²) >= 11 is 0. The van der Waals surface area contributed by atoms with Gasteiger partial charge in [-0.25, -0.2) is 0 Å². The molecule has 0 fully saturated rings. The third-order valence-electron chi connectivity index (χ3n) is 1.15. The first kappa shape index (κ1) is 4.65. The second-order valence-electron chi connectivity index (χ2n) is 1.80. The van der Waals surface area contributed by atoms with Gasteiger partial charge in [-0.1, -0.05) is 0 Å². The summed E-state index contributed by atoms with van der Waals surface area (Å²) < 4.78 is 0. The van der Waals surface area contributed by atoms with Crippen LogP contribution >= 0.6 is 0 Å². The van der Waals surface area contributed by atoms with Crippen LogP contribution in [0.4, 0.5) is 0 Å². The lowest BCUT2D eigenvalue weighted by Gasteiger charge is -1.89. The van der Waals surface area contributed by atoms with Gasteiger partial charge in [0.15, 0.2) is 0 Å². The van der Waals surface area contributed by atoms with E-state index in [1.54, 1.807) is 0 Å². The molecule has 0 saturated heterocycles. The van der Waals surface area contributed by atoms with E-state index in [2.05, 4.69) is 12.4 Å². The predicted octanol–water partition coefficient (Wildman–Crippen LogP) is 0.815. The maximum atomic E-state index is 4.84. The Bertz CT molecular complexity index is 94.6. The quantitative estimate of drug-likeness (QED) is 0.485. The van der Waals surface area contributed by atoms with E-state index < -0.39 is 0 Å². The highest BCUT2D eigenvalue weighted by Crippen LogP contribution is 2.05. The second-order valence-corrected chi connectivity index (χ2v) is 1.80. The molecular formula is C5H9NO. The third kappa shape index (κ3) is 0.747. The van der Waals surface area contributed by atoms with Gasteiger partial charge in [-0.05, 0) is 19.4 Å². The molecule has 0 amide bonds. The van der Waals surface area contributed by atoms with Crippen molar-refractivity contribution < 1.29 is 4.84 Å². The highest BCUT2D eigenvalue weighted by molar-refractivity contribution is 5.09. The van der Waals surface area contributed by atoms with Crippen molar-refractivity contribution >= 4 is 0 Å². The Kier molecular flexibility index (Phi) is 1.02. The molecule has 0 aromatic heterocycles. The molecule has 2 heteroatoms. The fourth-order valence-electron chi connectivity index (χ4n) is 0.448. The van der Waals surface area contributed by atoms with Gasteiger partial charge in [0.1, 0.15) is 0 Å². The molecular weight excluding hydrogens is 90.1 g/mol. The molecule has 0 radical (unpaired) electrons. The summed E-state index contributed by atoms with van der Waals surface area (Å²) in [5.74, 6) is 0. The third-order valence-corrected chi connectivity index (χ3v) is 1.15. The normalized spacial score (nSPS) is 20.3. The lowest BCUT2D eigenvalue weighted by Crippen LogP contribution is -2.01. The molecule has 0 aliphatic carbocycles. The minimum absolute atomic E-state index is 0.742. The van der Waals surface area contributed by atoms with E-state index in [1.807, 2.05) is 6.92 Å². The van der Waals surface area contributed by atoms with Gasteiger partial charge < -0.3 is 0 Å². The van der Waals surface area contributed by atoms with Crippen LogP contribution < -0.4 is 5.48 Å². The monoisotopic (exact) mass is 99.1 g/mol. The zero-order chi connectivity index (χ0) is 5.28. The van der Waals surface area contributed by atoms with Crippen LogP contribution in [-0.4, -0.2) is 6.61 Å². The van der Waals surface area contributed by atoms with Crippen LogP contribution in [0.1, 0.15) is 13.8 Å². The number of allylic oxidation sites excluding steroid dienone is 1. The highest BCUT2D eigenvalue weighted by Gasteiger charge is 2.02. The van der Waals surface area contributed by atoms with E-state index in [-0.39, 0.29) is 0 Å². The number of nitrogens with one attached hydrogen (secondary N) is 1. The first-order chi connectivity index (χ1) is 3.30. The molecule has 1 N–H and O–H groups in total. The summed E-state index contributed by atoms with van der Waals surface area (Å²) in [6.07, 6.45) is 0. The van der Waals surface area contributed by atoms with Crippen LogP contribution in [0.25, 0.3) is 0 Å². The molecule has 0 unspecified atom stereocenters. The lowest BCUT2D eigenvalue weighted by atomic mass is 10.3. The van der Waals surface area contributed by atoms with Gasteiger partial charge >= 0.3 is 0 Å². The summed E-state index contributed by atoms with van der Waals surface area (Å²) in [6.45, 7) is 4.80. The summed E-state index contributed by atoms with van der Waals surface area (Å²) in [5.41, 5.74) is 5.19. The Morgan fingerprint density at radius 3 is 2.43 bits per heavy atom. The van der Waals surface area contributed by atoms with Crippen molar-refractivity contribution in [3.8, 4) is 0 Å². The standard InChI is InChI=1S/C5H9NO/c1-4-3-7-6-5(4)2/h6H,3H2,1-2H3. The molecule has 0 spiro atoms. The maximum Gasteiger partial charge on any atom is 0.0974 e. The largest absolute Gasteiger partial charge is 0.272 e. The molecule has 0 saturated carbocycles. The average molecular weight is 99.1 g/mol. The van der Waals surface area contributed by atoms with Crippen LogP contribution in [-0.2, 0) is 4.84 Å². The molecule has 2 nitrogen and oxygen atoms in total. The van der Waals surface area contributed by atoms with Gasteiger partial charge in [0.05, 0.1) is 6.61 Å². The van der Waals surface area contributed by atoms with Gasteiger partial charge in [0.2, 0.25) is 0 Å². The van der Waals surface area contributed by atoms with E-state index in [4.69, 9.17) is 4.84 Å². The molecule has 1 aliphatic rings. The number of hydrogen-bond acceptors (Lipinski definition) is 2. The summed E-state index contributed by atoms with van der Waals surface area (Å²) in [7, 11) is 0. The van der Waals surface area contributed by atoms with Gasteiger partial charge in [-0.2, -0.15) is 0 Å². The SMILES string of the molecule is CC1=C(C)NOC1. The molecule has 0 atom stereocenters. The fraction of sp³-hybridized carbons (Fsp3) is 0.600. The molecule has 1 rings (SSSR count). The van der Waals surface area contributed by atoms with E-state index >= 15 is 0 Å². The maximum absolute atomic E-state index is 4.84. The van der Waals surface area contributed by atoms with Crippen molar-refractivity contribution in [3.63, 3.8) is 0 Å².